The maximum absolute atomic E-state index is 10.6. The summed E-state index contributed by atoms with van der Waals surface area (Å²) < 4.78 is 0. The first-order valence-corrected chi connectivity index (χ1v) is 8.02. The highest BCUT2D eigenvalue weighted by Gasteiger charge is 2.26. The van der Waals surface area contributed by atoms with Crippen LogP contribution < -0.4 is 0 Å². The van der Waals surface area contributed by atoms with Crippen LogP contribution >= 0.6 is 0 Å². The van der Waals surface area contributed by atoms with E-state index in [0.29, 0.717) is 11.8 Å². The molecule has 0 unspecified atom stereocenters. The first-order valence-electron chi connectivity index (χ1n) is 8.02. The van der Waals surface area contributed by atoms with Gasteiger partial charge in [-0.05, 0) is 53.4 Å². The smallest absolute Gasteiger partial charge is 0.0795 e. The Hall–Kier alpha value is -1.60. The second-order valence-electron chi connectivity index (χ2n) is 6.53. The molecule has 1 heteroatoms. The lowest BCUT2D eigenvalue weighted by Crippen LogP contribution is -2.11. The lowest BCUT2D eigenvalue weighted by molar-refractivity contribution is 0.132. The van der Waals surface area contributed by atoms with Gasteiger partial charge in [-0.25, -0.2) is 0 Å². The van der Waals surface area contributed by atoms with Crippen LogP contribution in [0.4, 0.5) is 0 Å². The number of hydrogen-bond donors (Lipinski definition) is 1. The number of aliphatic hydroxyl groups is 1. The molecular weight excluding hydrogens is 256 g/mol. The highest BCUT2D eigenvalue weighted by Crippen LogP contribution is 2.39. The molecule has 0 bridgehead atoms. The third-order valence-electron chi connectivity index (χ3n) is 4.89. The van der Waals surface area contributed by atoms with Gasteiger partial charge in [-0.15, -0.1) is 0 Å². The number of rotatable bonds is 2. The highest BCUT2D eigenvalue weighted by atomic mass is 16.3. The zero-order valence-electron chi connectivity index (χ0n) is 12.9. The predicted molar refractivity (Wildman–Crippen MR) is 88.1 cm³/mol. The van der Waals surface area contributed by atoms with Crippen molar-refractivity contribution in [2.75, 3.05) is 0 Å². The van der Waals surface area contributed by atoms with Crippen LogP contribution in [0.15, 0.2) is 48.5 Å². The van der Waals surface area contributed by atoms with E-state index in [2.05, 4.69) is 62.4 Å². The highest BCUT2D eigenvalue weighted by molar-refractivity contribution is 5.69. The molecule has 21 heavy (non-hydrogen) atoms. The molecule has 2 aromatic rings. The normalized spacial score (nSPS) is 21.9. The monoisotopic (exact) mass is 280 g/mol. The Morgan fingerprint density at radius 3 is 2.48 bits per heavy atom. The molecule has 1 N–H and O–H groups in total. The van der Waals surface area contributed by atoms with Crippen LogP contribution in [0.1, 0.15) is 43.9 Å². The fourth-order valence-corrected chi connectivity index (χ4v) is 3.55. The van der Waals surface area contributed by atoms with Crippen LogP contribution in [0.3, 0.4) is 0 Å². The van der Waals surface area contributed by atoms with Crippen molar-refractivity contribution < 1.29 is 5.11 Å². The molecule has 0 fully saturated rings. The molecule has 0 spiro atoms. The molecule has 0 aliphatic heterocycles. The summed E-state index contributed by atoms with van der Waals surface area (Å²) in [5, 5.41) is 10.6. The average molecular weight is 280 g/mol. The van der Waals surface area contributed by atoms with Gasteiger partial charge in [0.05, 0.1) is 6.10 Å². The first kappa shape index (κ1) is 14.3. The van der Waals surface area contributed by atoms with Crippen molar-refractivity contribution in [1.29, 1.82) is 0 Å². The first-order chi connectivity index (χ1) is 10.2. The minimum absolute atomic E-state index is 0.321. The van der Waals surface area contributed by atoms with E-state index in [9.17, 15) is 5.11 Å². The quantitative estimate of drug-likeness (QED) is 0.768. The van der Waals surface area contributed by atoms with Crippen LogP contribution in [0, 0.1) is 11.8 Å². The van der Waals surface area contributed by atoms with Gasteiger partial charge in [0.2, 0.25) is 0 Å². The second-order valence-corrected chi connectivity index (χ2v) is 6.53. The predicted octanol–water partition coefficient (Wildman–Crippen LogP) is 5.00. The number of aliphatic hydroxyl groups excluding tert-OH is 1. The Morgan fingerprint density at radius 1 is 1.00 bits per heavy atom. The second kappa shape index (κ2) is 6.03. The summed E-state index contributed by atoms with van der Waals surface area (Å²) in [7, 11) is 0. The van der Waals surface area contributed by atoms with Gasteiger partial charge in [0.15, 0.2) is 0 Å². The Morgan fingerprint density at radius 2 is 1.76 bits per heavy atom. The van der Waals surface area contributed by atoms with Crippen molar-refractivity contribution in [3.05, 3.63) is 59.7 Å². The fraction of sp³-hybridized carbons (Fsp3) is 0.400. The van der Waals surface area contributed by atoms with Crippen molar-refractivity contribution in [3.8, 4) is 11.1 Å². The van der Waals surface area contributed by atoms with Crippen LogP contribution in [-0.4, -0.2) is 5.11 Å². The zero-order chi connectivity index (χ0) is 14.8. The molecule has 2 atom stereocenters. The van der Waals surface area contributed by atoms with E-state index in [1.807, 2.05) is 0 Å². The maximum Gasteiger partial charge on any atom is 0.0795 e. The van der Waals surface area contributed by atoms with E-state index >= 15 is 0 Å². The summed E-state index contributed by atoms with van der Waals surface area (Å²) in [6, 6.07) is 16.9. The summed E-state index contributed by atoms with van der Waals surface area (Å²) in [5.41, 5.74) is 5.03. The molecule has 3 rings (SSSR count). The maximum atomic E-state index is 10.6. The molecule has 2 aromatic carbocycles. The Kier molecular flexibility index (Phi) is 4.12. The molecule has 0 amide bonds. The summed E-state index contributed by atoms with van der Waals surface area (Å²) in [4.78, 5) is 0. The van der Waals surface area contributed by atoms with Gasteiger partial charge in [0.25, 0.3) is 0 Å². The van der Waals surface area contributed by atoms with E-state index in [-0.39, 0.29) is 6.10 Å². The third-order valence-corrected chi connectivity index (χ3v) is 4.89. The van der Waals surface area contributed by atoms with E-state index in [1.165, 1.54) is 23.1 Å². The standard InChI is InChI=1S/C20H24O/c1-14(2)16-11-12-18-17(15-7-4-3-5-8-15)9-6-10-19(18)20(21)13-16/h3-10,14,16,20-21H,11-13H2,1-2H3/t16-,20-/m0/s1. The molecule has 110 valence electrons. The van der Waals surface area contributed by atoms with Crippen molar-refractivity contribution >= 4 is 0 Å². The van der Waals surface area contributed by atoms with Crippen molar-refractivity contribution in [2.24, 2.45) is 11.8 Å². The van der Waals surface area contributed by atoms with Crippen LogP contribution in [0.25, 0.3) is 11.1 Å². The fourth-order valence-electron chi connectivity index (χ4n) is 3.55. The van der Waals surface area contributed by atoms with Crippen LogP contribution in [0.2, 0.25) is 0 Å². The Labute approximate surface area is 127 Å². The molecule has 0 heterocycles. The lowest BCUT2D eigenvalue weighted by Gasteiger charge is -2.20. The van der Waals surface area contributed by atoms with Crippen molar-refractivity contribution in [2.45, 2.75) is 39.2 Å². The summed E-state index contributed by atoms with van der Waals surface area (Å²) >= 11 is 0. The number of hydrogen-bond acceptors (Lipinski definition) is 1. The van der Waals surface area contributed by atoms with Gasteiger partial charge in [0.1, 0.15) is 0 Å². The van der Waals surface area contributed by atoms with E-state index in [1.54, 1.807) is 0 Å². The number of fused-ring (bicyclic) bond motifs is 1. The van der Waals surface area contributed by atoms with Gasteiger partial charge >= 0.3 is 0 Å². The Bertz CT molecular complexity index is 600. The van der Waals surface area contributed by atoms with E-state index in [0.717, 1.165) is 18.4 Å². The van der Waals surface area contributed by atoms with Crippen molar-refractivity contribution in [3.63, 3.8) is 0 Å². The molecule has 1 aliphatic carbocycles. The topological polar surface area (TPSA) is 20.2 Å². The molecule has 1 nitrogen and oxygen atoms in total. The Balaban J connectivity index is 2.03. The van der Waals surface area contributed by atoms with Crippen LogP contribution in [0.5, 0.6) is 0 Å². The van der Waals surface area contributed by atoms with Gasteiger partial charge in [-0.3, -0.25) is 0 Å². The minimum Gasteiger partial charge on any atom is -0.388 e. The van der Waals surface area contributed by atoms with Gasteiger partial charge < -0.3 is 5.11 Å². The van der Waals surface area contributed by atoms with E-state index < -0.39 is 0 Å². The van der Waals surface area contributed by atoms with Gasteiger partial charge in [0, 0.05) is 0 Å². The zero-order valence-corrected chi connectivity index (χ0v) is 12.9. The molecule has 0 saturated carbocycles. The lowest BCUT2D eigenvalue weighted by atomic mass is 9.87. The summed E-state index contributed by atoms with van der Waals surface area (Å²) in [5.74, 6) is 1.24. The van der Waals surface area contributed by atoms with Crippen LogP contribution in [-0.2, 0) is 6.42 Å². The molecule has 0 radical (unpaired) electrons. The molecule has 1 aliphatic rings. The summed E-state index contributed by atoms with van der Waals surface area (Å²) in [6.07, 6.45) is 2.81. The molecule has 0 aromatic heterocycles. The third kappa shape index (κ3) is 2.89. The van der Waals surface area contributed by atoms with Gasteiger partial charge in [-0.2, -0.15) is 0 Å². The minimum atomic E-state index is -0.321. The number of benzene rings is 2. The van der Waals surface area contributed by atoms with E-state index in [4.69, 9.17) is 0 Å². The molecular formula is C20H24O. The average Bonchev–Trinajstić information content (AvgIpc) is 2.68. The van der Waals surface area contributed by atoms with Crippen molar-refractivity contribution in [1.82, 2.24) is 0 Å². The molecule has 0 saturated heterocycles. The SMILES string of the molecule is CC(C)[C@H]1CCc2c(-c3ccccc3)cccc2[C@@H](O)C1. The largest absolute Gasteiger partial charge is 0.388 e. The summed E-state index contributed by atoms with van der Waals surface area (Å²) in [6.45, 7) is 4.54. The van der Waals surface area contributed by atoms with Gasteiger partial charge in [-0.1, -0.05) is 62.4 Å².